The van der Waals surface area contributed by atoms with E-state index in [9.17, 15) is 0 Å². The van der Waals surface area contributed by atoms with Crippen LogP contribution in [0.15, 0.2) is 24.3 Å². The minimum atomic E-state index is 0.296. The van der Waals surface area contributed by atoms with Crippen LogP contribution in [-0.2, 0) is 5.41 Å². The van der Waals surface area contributed by atoms with Gasteiger partial charge in [0.1, 0.15) is 5.75 Å². The average Bonchev–Trinajstić information content (AvgIpc) is 3.21. The number of hydrogen-bond acceptors (Lipinski definition) is 2. The van der Waals surface area contributed by atoms with Crippen LogP contribution in [0.5, 0.6) is 5.75 Å². The Morgan fingerprint density at radius 2 is 1.95 bits per heavy atom. The molecule has 0 atom stereocenters. The SMILES string of the molecule is COc1ccccc1C1(CNC2CC2)CC(C(C)C)C1. The van der Waals surface area contributed by atoms with Crippen LogP contribution in [-0.4, -0.2) is 19.7 Å². The predicted molar refractivity (Wildman–Crippen MR) is 83.3 cm³/mol. The highest BCUT2D eigenvalue weighted by atomic mass is 16.5. The van der Waals surface area contributed by atoms with Gasteiger partial charge in [0.2, 0.25) is 0 Å². The van der Waals surface area contributed by atoms with Crippen LogP contribution in [0.2, 0.25) is 0 Å². The Morgan fingerprint density at radius 3 is 2.55 bits per heavy atom. The molecule has 0 aliphatic heterocycles. The van der Waals surface area contributed by atoms with Crippen molar-refractivity contribution in [2.45, 2.75) is 51.0 Å². The number of para-hydroxylation sites is 1. The summed E-state index contributed by atoms with van der Waals surface area (Å²) in [4.78, 5) is 0. The van der Waals surface area contributed by atoms with Crippen molar-refractivity contribution >= 4 is 0 Å². The van der Waals surface area contributed by atoms with Gasteiger partial charge < -0.3 is 10.1 Å². The molecule has 0 spiro atoms. The minimum absolute atomic E-state index is 0.296. The molecule has 1 aromatic rings. The van der Waals surface area contributed by atoms with Crippen LogP contribution in [0, 0.1) is 11.8 Å². The molecule has 0 aromatic heterocycles. The largest absolute Gasteiger partial charge is 0.496 e. The van der Waals surface area contributed by atoms with Gasteiger partial charge in [-0.2, -0.15) is 0 Å². The lowest BCUT2D eigenvalue weighted by Gasteiger charge is -2.50. The van der Waals surface area contributed by atoms with Gasteiger partial charge in [0.25, 0.3) is 0 Å². The summed E-state index contributed by atoms with van der Waals surface area (Å²) < 4.78 is 5.62. The van der Waals surface area contributed by atoms with E-state index in [1.807, 2.05) is 0 Å². The van der Waals surface area contributed by atoms with Crippen LogP contribution in [0.4, 0.5) is 0 Å². The zero-order valence-electron chi connectivity index (χ0n) is 13.0. The van der Waals surface area contributed by atoms with E-state index in [2.05, 4.69) is 43.4 Å². The fraction of sp³-hybridized carbons (Fsp3) is 0.667. The van der Waals surface area contributed by atoms with E-state index in [0.717, 1.165) is 30.2 Å². The summed E-state index contributed by atoms with van der Waals surface area (Å²) in [5, 5.41) is 3.75. The smallest absolute Gasteiger partial charge is 0.122 e. The van der Waals surface area contributed by atoms with Gasteiger partial charge >= 0.3 is 0 Å². The van der Waals surface area contributed by atoms with Gasteiger partial charge in [0.15, 0.2) is 0 Å². The quantitative estimate of drug-likeness (QED) is 0.852. The van der Waals surface area contributed by atoms with Gasteiger partial charge in [0, 0.05) is 23.6 Å². The van der Waals surface area contributed by atoms with Crippen molar-refractivity contribution in [1.29, 1.82) is 0 Å². The molecule has 3 rings (SSSR count). The first-order valence-electron chi connectivity index (χ1n) is 8.01. The predicted octanol–water partition coefficient (Wildman–Crippen LogP) is 3.75. The maximum Gasteiger partial charge on any atom is 0.122 e. The second-order valence-electron chi connectivity index (χ2n) is 7.05. The maximum atomic E-state index is 5.62. The normalized spacial score (nSPS) is 29.3. The summed E-state index contributed by atoms with van der Waals surface area (Å²) in [6.45, 7) is 5.82. The highest BCUT2D eigenvalue weighted by Gasteiger charge is 2.48. The van der Waals surface area contributed by atoms with E-state index >= 15 is 0 Å². The van der Waals surface area contributed by atoms with Crippen molar-refractivity contribution in [1.82, 2.24) is 5.32 Å². The number of nitrogens with one attached hydrogen (secondary N) is 1. The van der Waals surface area contributed by atoms with Gasteiger partial charge in [-0.05, 0) is 43.6 Å². The zero-order valence-corrected chi connectivity index (χ0v) is 13.0. The Hall–Kier alpha value is -1.02. The molecular weight excluding hydrogens is 246 g/mol. The fourth-order valence-electron chi connectivity index (χ4n) is 3.58. The molecule has 0 unspecified atom stereocenters. The Balaban J connectivity index is 1.81. The average molecular weight is 273 g/mol. The Bertz CT molecular complexity index is 453. The van der Waals surface area contributed by atoms with E-state index in [4.69, 9.17) is 4.74 Å². The van der Waals surface area contributed by atoms with Crippen LogP contribution >= 0.6 is 0 Å². The van der Waals surface area contributed by atoms with Crippen molar-refractivity contribution in [3.63, 3.8) is 0 Å². The van der Waals surface area contributed by atoms with Crippen molar-refractivity contribution in [2.75, 3.05) is 13.7 Å². The number of methoxy groups -OCH3 is 1. The molecule has 2 fully saturated rings. The van der Waals surface area contributed by atoms with E-state index in [1.54, 1.807) is 7.11 Å². The van der Waals surface area contributed by atoms with Crippen molar-refractivity contribution < 1.29 is 4.74 Å². The van der Waals surface area contributed by atoms with E-state index < -0.39 is 0 Å². The van der Waals surface area contributed by atoms with E-state index in [1.165, 1.54) is 31.2 Å². The van der Waals surface area contributed by atoms with E-state index in [0.29, 0.717) is 5.41 Å². The third-order valence-corrected chi connectivity index (χ3v) is 5.23. The molecule has 1 aromatic carbocycles. The van der Waals surface area contributed by atoms with Crippen molar-refractivity contribution in [3.05, 3.63) is 29.8 Å². The zero-order chi connectivity index (χ0) is 14.2. The lowest BCUT2D eigenvalue weighted by atomic mass is 9.55. The topological polar surface area (TPSA) is 21.3 Å². The summed E-state index contributed by atoms with van der Waals surface area (Å²) >= 11 is 0. The number of hydrogen-bond donors (Lipinski definition) is 1. The van der Waals surface area contributed by atoms with Gasteiger partial charge in [-0.3, -0.25) is 0 Å². The summed E-state index contributed by atoms with van der Waals surface area (Å²) in [6, 6.07) is 9.38. The number of benzene rings is 1. The summed E-state index contributed by atoms with van der Waals surface area (Å²) in [7, 11) is 1.79. The van der Waals surface area contributed by atoms with E-state index in [-0.39, 0.29) is 0 Å². The molecule has 2 saturated carbocycles. The molecule has 0 bridgehead atoms. The maximum absolute atomic E-state index is 5.62. The first kappa shape index (κ1) is 13.9. The van der Waals surface area contributed by atoms with Crippen LogP contribution in [0.25, 0.3) is 0 Å². The molecule has 2 aliphatic carbocycles. The first-order valence-corrected chi connectivity index (χ1v) is 8.01. The Labute approximate surface area is 122 Å². The molecule has 0 saturated heterocycles. The van der Waals surface area contributed by atoms with Crippen LogP contribution < -0.4 is 10.1 Å². The Morgan fingerprint density at radius 1 is 1.25 bits per heavy atom. The van der Waals surface area contributed by atoms with Crippen LogP contribution in [0.1, 0.15) is 45.1 Å². The van der Waals surface area contributed by atoms with Crippen molar-refractivity contribution in [2.24, 2.45) is 11.8 Å². The third-order valence-electron chi connectivity index (χ3n) is 5.23. The van der Waals surface area contributed by atoms with Gasteiger partial charge in [-0.1, -0.05) is 32.0 Å². The minimum Gasteiger partial charge on any atom is -0.496 e. The summed E-state index contributed by atoms with van der Waals surface area (Å²) in [5.41, 5.74) is 1.71. The summed E-state index contributed by atoms with van der Waals surface area (Å²) in [5.74, 6) is 2.71. The second-order valence-corrected chi connectivity index (χ2v) is 7.05. The number of ether oxygens (including phenoxy) is 1. The lowest BCUT2D eigenvalue weighted by Crippen LogP contribution is -2.50. The standard InChI is InChI=1S/C18H27NO/c1-13(2)14-10-18(11-14,12-19-15-8-9-15)16-6-4-5-7-17(16)20-3/h4-7,13-15,19H,8-12H2,1-3H3. The lowest BCUT2D eigenvalue weighted by molar-refractivity contribution is 0.0949. The second kappa shape index (κ2) is 5.40. The molecule has 2 aliphatic rings. The summed E-state index contributed by atoms with van der Waals surface area (Å²) in [6.07, 6.45) is 5.31. The Kier molecular flexibility index (Phi) is 3.76. The molecular formula is C18H27NO. The van der Waals surface area contributed by atoms with Gasteiger partial charge in [-0.15, -0.1) is 0 Å². The molecule has 0 radical (unpaired) electrons. The number of rotatable bonds is 6. The van der Waals surface area contributed by atoms with Crippen molar-refractivity contribution in [3.8, 4) is 5.75 Å². The fourth-order valence-corrected chi connectivity index (χ4v) is 3.58. The molecule has 20 heavy (non-hydrogen) atoms. The third kappa shape index (κ3) is 2.58. The molecule has 2 heteroatoms. The molecule has 0 heterocycles. The van der Waals surface area contributed by atoms with Crippen LogP contribution in [0.3, 0.4) is 0 Å². The molecule has 0 amide bonds. The molecule has 110 valence electrons. The first-order chi connectivity index (χ1) is 9.64. The molecule has 2 nitrogen and oxygen atoms in total. The van der Waals surface area contributed by atoms with Gasteiger partial charge in [0.05, 0.1) is 7.11 Å². The molecule has 1 N–H and O–H groups in total. The monoisotopic (exact) mass is 273 g/mol. The highest BCUT2D eigenvalue weighted by molar-refractivity contribution is 5.42. The highest BCUT2D eigenvalue weighted by Crippen LogP contribution is 2.52. The van der Waals surface area contributed by atoms with Gasteiger partial charge in [-0.25, -0.2) is 0 Å².